The standard InChI is InChI=1S/C19H26F2N6.HI/c1-4-22-19(23-10-12(2)16-7-5-14(20)9-17(16)21)25-15-6-8-18-24-13(3)26-27(18)11-15;/h5,7,9,12,15H,4,6,8,10-11H2,1-3H3,(H2,22,23,25);1H. The zero-order valence-corrected chi connectivity index (χ0v) is 18.7. The summed E-state index contributed by atoms with van der Waals surface area (Å²) < 4.78 is 29.0. The molecular weight excluding hydrogens is 477 g/mol. The van der Waals surface area contributed by atoms with Gasteiger partial charge in [-0.1, -0.05) is 13.0 Å². The van der Waals surface area contributed by atoms with E-state index in [2.05, 4.69) is 25.7 Å². The van der Waals surface area contributed by atoms with Gasteiger partial charge in [0.2, 0.25) is 0 Å². The number of fused-ring (bicyclic) bond motifs is 1. The van der Waals surface area contributed by atoms with Gasteiger partial charge in [0.15, 0.2) is 5.96 Å². The molecule has 0 bridgehead atoms. The molecule has 6 nitrogen and oxygen atoms in total. The van der Waals surface area contributed by atoms with Gasteiger partial charge in [-0.25, -0.2) is 18.4 Å². The van der Waals surface area contributed by atoms with Crippen LogP contribution in [0.15, 0.2) is 23.2 Å². The molecule has 2 heterocycles. The largest absolute Gasteiger partial charge is 0.357 e. The second kappa shape index (κ2) is 10.1. The Labute approximate surface area is 181 Å². The third-order valence-electron chi connectivity index (χ3n) is 4.67. The van der Waals surface area contributed by atoms with Crippen LogP contribution in [-0.4, -0.2) is 39.9 Å². The van der Waals surface area contributed by atoms with Gasteiger partial charge in [-0.2, -0.15) is 5.10 Å². The number of benzene rings is 1. The van der Waals surface area contributed by atoms with Gasteiger partial charge in [0.1, 0.15) is 23.3 Å². The molecule has 9 heteroatoms. The highest BCUT2D eigenvalue weighted by Crippen LogP contribution is 2.20. The van der Waals surface area contributed by atoms with Gasteiger partial charge in [-0.15, -0.1) is 24.0 Å². The van der Waals surface area contributed by atoms with E-state index in [-0.39, 0.29) is 35.9 Å². The highest BCUT2D eigenvalue weighted by atomic mass is 127. The first-order chi connectivity index (χ1) is 13.0. The SMILES string of the molecule is CCNC(=NCC(C)c1ccc(F)cc1F)NC1CCc2nc(C)nn2C1.I. The van der Waals surface area contributed by atoms with Crippen molar-refractivity contribution >= 4 is 29.9 Å². The molecular formula is C19H27F2IN6. The summed E-state index contributed by atoms with van der Waals surface area (Å²) in [6, 6.07) is 3.89. The van der Waals surface area contributed by atoms with Crippen LogP contribution in [0.5, 0.6) is 0 Å². The minimum atomic E-state index is -0.568. The summed E-state index contributed by atoms with van der Waals surface area (Å²) in [5, 5.41) is 11.1. The number of nitrogens with zero attached hydrogens (tertiary/aromatic N) is 4. The number of aliphatic imine (C=N–C) groups is 1. The quantitative estimate of drug-likeness (QED) is 0.373. The molecule has 0 saturated heterocycles. The molecule has 0 spiro atoms. The Bertz CT molecular complexity index is 823. The van der Waals surface area contributed by atoms with Crippen LogP contribution < -0.4 is 10.6 Å². The maximum Gasteiger partial charge on any atom is 0.191 e. The van der Waals surface area contributed by atoms with Crippen molar-refractivity contribution in [3.63, 3.8) is 0 Å². The van der Waals surface area contributed by atoms with E-state index >= 15 is 0 Å². The van der Waals surface area contributed by atoms with Crippen molar-refractivity contribution in [2.45, 2.75) is 52.1 Å². The van der Waals surface area contributed by atoms with Crippen LogP contribution in [0.2, 0.25) is 0 Å². The molecule has 1 aromatic heterocycles. The van der Waals surface area contributed by atoms with E-state index in [1.54, 1.807) is 0 Å². The average molecular weight is 504 g/mol. The van der Waals surface area contributed by atoms with Crippen LogP contribution in [-0.2, 0) is 13.0 Å². The lowest BCUT2D eigenvalue weighted by Gasteiger charge is -2.25. The predicted octanol–water partition coefficient (Wildman–Crippen LogP) is 3.16. The Morgan fingerprint density at radius 3 is 2.89 bits per heavy atom. The normalized spacial score (nSPS) is 17.5. The van der Waals surface area contributed by atoms with E-state index in [0.29, 0.717) is 18.1 Å². The highest BCUT2D eigenvalue weighted by Gasteiger charge is 2.21. The molecule has 0 radical (unpaired) electrons. The molecule has 2 unspecified atom stereocenters. The van der Waals surface area contributed by atoms with E-state index in [9.17, 15) is 8.78 Å². The molecule has 0 amide bonds. The van der Waals surface area contributed by atoms with Crippen molar-refractivity contribution in [1.29, 1.82) is 0 Å². The summed E-state index contributed by atoms with van der Waals surface area (Å²) in [4.78, 5) is 9.02. The average Bonchev–Trinajstić information content (AvgIpc) is 2.99. The van der Waals surface area contributed by atoms with E-state index in [1.807, 2.05) is 25.5 Å². The van der Waals surface area contributed by atoms with Gasteiger partial charge < -0.3 is 10.6 Å². The van der Waals surface area contributed by atoms with Gasteiger partial charge in [-0.3, -0.25) is 4.99 Å². The van der Waals surface area contributed by atoms with Crippen molar-refractivity contribution in [3.8, 4) is 0 Å². The van der Waals surface area contributed by atoms with Crippen molar-refractivity contribution in [2.75, 3.05) is 13.1 Å². The Morgan fingerprint density at radius 1 is 1.39 bits per heavy atom. The Balaban J connectivity index is 0.00000280. The topological polar surface area (TPSA) is 67.1 Å². The zero-order valence-electron chi connectivity index (χ0n) is 16.4. The first-order valence-electron chi connectivity index (χ1n) is 9.36. The molecule has 2 atom stereocenters. The molecule has 0 fully saturated rings. The van der Waals surface area contributed by atoms with Gasteiger partial charge in [0.25, 0.3) is 0 Å². The number of aromatic nitrogens is 3. The fraction of sp³-hybridized carbons (Fsp3) is 0.526. The van der Waals surface area contributed by atoms with Crippen LogP contribution in [0.4, 0.5) is 8.78 Å². The number of halogens is 3. The Hall–Kier alpha value is -1.78. The minimum Gasteiger partial charge on any atom is -0.357 e. The third kappa shape index (κ3) is 5.62. The maximum absolute atomic E-state index is 14.0. The molecule has 154 valence electrons. The predicted molar refractivity (Wildman–Crippen MR) is 116 cm³/mol. The van der Waals surface area contributed by atoms with E-state index in [0.717, 1.165) is 43.6 Å². The van der Waals surface area contributed by atoms with E-state index in [4.69, 9.17) is 0 Å². The number of nitrogens with one attached hydrogen (secondary N) is 2. The summed E-state index contributed by atoms with van der Waals surface area (Å²) in [6.07, 6.45) is 1.82. The summed E-state index contributed by atoms with van der Waals surface area (Å²) >= 11 is 0. The summed E-state index contributed by atoms with van der Waals surface area (Å²) in [5.74, 6) is 1.25. The summed E-state index contributed by atoms with van der Waals surface area (Å²) in [6.45, 7) is 7.65. The molecule has 3 rings (SSSR count). The fourth-order valence-electron chi connectivity index (χ4n) is 3.29. The summed E-state index contributed by atoms with van der Waals surface area (Å²) in [7, 11) is 0. The van der Waals surface area contributed by atoms with Crippen LogP contribution in [0.3, 0.4) is 0 Å². The smallest absolute Gasteiger partial charge is 0.191 e. The number of hydrogen-bond donors (Lipinski definition) is 2. The lowest BCUT2D eigenvalue weighted by Crippen LogP contribution is -2.47. The Kier molecular flexibility index (Phi) is 8.14. The lowest BCUT2D eigenvalue weighted by atomic mass is 10.0. The minimum absolute atomic E-state index is 0. The van der Waals surface area contributed by atoms with E-state index < -0.39 is 11.6 Å². The Morgan fingerprint density at radius 2 is 2.18 bits per heavy atom. The summed E-state index contributed by atoms with van der Waals surface area (Å²) in [5.41, 5.74) is 0.469. The first-order valence-corrected chi connectivity index (χ1v) is 9.36. The molecule has 1 aliphatic heterocycles. The highest BCUT2D eigenvalue weighted by molar-refractivity contribution is 14.0. The van der Waals surface area contributed by atoms with Crippen molar-refractivity contribution in [3.05, 3.63) is 47.0 Å². The molecule has 28 heavy (non-hydrogen) atoms. The maximum atomic E-state index is 14.0. The number of rotatable bonds is 5. The number of guanidine groups is 1. The van der Waals surface area contributed by atoms with Gasteiger partial charge in [-0.05, 0) is 31.9 Å². The molecule has 2 N–H and O–H groups in total. The van der Waals surface area contributed by atoms with Crippen LogP contribution >= 0.6 is 24.0 Å². The molecule has 1 aliphatic rings. The van der Waals surface area contributed by atoms with E-state index in [1.165, 1.54) is 12.1 Å². The fourth-order valence-corrected chi connectivity index (χ4v) is 3.29. The monoisotopic (exact) mass is 504 g/mol. The van der Waals surface area contributed by atoms with Crippen LogP contribution in [0.1, 0.15) is 43.4 Å². The zero-order chi connectivity index (χ0) is 19.4. The second-order valence-corrected chi connectivity index (χ2v) is 6.92. The van der Waals surface area contributed by atoms with Crippen LogP contribution in [0.25, 0.3) is 0 Å². The molecule has 0 aliphatic carbocycles. The van der Waals surface area contributed by atoms with Crippen molar-refractivity contribution in [2.24, 2.45) is 4.99 Å². The second-order valence-electron chi connectivity index (χ2n) is 6.92. The first kappa shape index (κ1) is 22.5. The molecule has 1 aromatic carbocycles. The number of aryl methyl sites for hydroxylation is 2. The van der Waals surface area contributed by atoms with Crippen molar-refractivity contribution in [1.82, 2.24) is 25.4 Å². The van der Waals surface area contributed by atoms with Gasteiger partial charge in [0.05, 0.1) is 6.54 Å². The third-order valence-corrected chi connectivity index (χ3v) is 4.67. The lowest BCUT2D eigenvalue weighted by molar-refractivity contribution is 0.392. The van der Waals surface area contributed by atoms with Crippen molar-refractivity contribution < 1.29 is 8.78 Å². The van der Waals surface area contributed by atoms with Gasteiger partial charge >= 0.3 is 0 Å². The van der Waals surface area contributed by atoms with Crippen LogP contribution in [0, 0.1) is 18.6 Å². The van der Waals surface area contributed by atoms with Gasteiger partial charge in [0, 0.05) is 37.5 Å². The molecule has 2 aromatic rings. The molecule has 0 saturated carbocycles. The number of hydrogen-bond acceptors (Lipinski definition) is 3.